The molecule has 3 rings (SSSR count). The van der Waals surface area contributed by atoms with Crippen molar-refractivity contribution in [1.29, 1.82) is 0 Å². The van der Waals surface area contributed by atoms with E-state index in [1.807, 2.05) is 18.2 Å². The van der Waals surface area contributed by atoms with Crippen LogP contribution in [0.1, 0.15) is 12.8 Å². The molecule has 0 amide bonds. The molecule has 2 aromatic rings. The highest BCUT2D eigenvalue weighted by Crippen LogP contribution is 2.34. The standard InChI is InChI=1S/C13H14N2O2S/c16-12(17)8-18-13-14-10-3-1-2-4-11(10)15(13)7-9-5-6-9/h1-4,9H,5-8H2,(H,16,17). The molecule has 1 aromatic carbocycles. The average molecular weight is 262 g/mol. The Morgan fingerprint density at radius 1 is 1.44 bits per heavy atom. The second-order valence-corrected chi connectivity index (χ2v) is 5.56. The van der Waals surface area contributed by atoms with Gasteiger partial charge in [0.1, 0.15) is 0 Å². The molecule has 0 unspecified atom stereocenters. The first kappa shape index (κ1) is 11.6. The number of imidazole rings is 1. The lowest BCUT2D eigenvalue weighted by Crippen LogP contribution is -2.04. The van der Waals surface area contributed by atoms with Crippen LogP contribution in [0.4, 0.5) is 0 Å². The highest BCUT2D eigenvalue weighted by Gasteiger charge is 2.24. The summed E-state index contributed by atoms with van der Waals surface area (Å²) in [5.74, 6) is 0.00497. The molecule has 0 spiro atoms. The summed E-state index contributed by atoms with van der Waals surface area (Å²) in [5.41, 5.74) is 2.06. The predicted molar refractivity (Wildman–Crippen MR) is 70.8 cm³/mol. The molecular formula is C13H14N2O2S. The van der Waals surface area contributed by atoms with Gasteiger partial charge in [-0.3, -0.25) is 4.79 Å². The van der Waals surface area contributed by atoms with E-state index in [4.69, 9.17) is 5.11 Å². The van der Waals surface area contributed by atoms with Crippen LogP contribution in [-0.2, 0) is 11.3 Å². The summed E-state index contributed by atoms with van der Waals surface area (Å²) in [6.45, 7) is 0.961. The van der Waals surface area contributed by atoms with E-state index in [2.05, 4.69) is 15.6 Å². The fourth-order valence-electron chi connectivity index (χ4n) is 2.02. The number of hydrogen-bond acceptors (Lipinski definition) is 3. The molecule has 4 nitrogen and oxygen atoms in total. The molecule has 94 valence electrons. The molecule has 5 heteroatoms. The lowest BCUT2D eigenvalue weighted by molar-refractivity contribution is -0.133. The van der Waals surface area contributed by atoms with Crippen LogP contribution in [0.5, 0.6) is 0 Å². The minimum absolute atomic E-state index is 0.0635. The van der Waals surface area contributed by atoms with Crippen LogP contribution in [0, 0.1) is 5.92 Å². The van der Waals surface area contributed by atoms with Crippen molar-refractivity contribution in [3.63, 3.8) is 0 Å². The number of benzene rings is 1. The minimum atomic E-state index is -0.801. The number of rotatable bonds is 5. The maximum atomic E-state index is 10.7. The fourth-order valence-corrected chi connectivity index (χ4v) is 2.77. The van der Waals surface area contributed by atoms with Gasteiger partial charge < -0.3 is 9.67 Å². The minimum Gasteiger partial charge on any atom is -0.481 e. The average Bonchev–Trinajstić information content (AvgIpc) is 3.09. The van der Waals surface area contributed by atoms with Gasteiger partial charge in [-0.2, -0.15) is 0 Å². The predicted octanol–water partition coefficient (Wildman–Crippen LogP) is 2.62. The number of aliphatic carboxylic acids is 1. The number of carboxylic acid groups (broad SMARTS) is 1. The smallest absolute Gasteiger partial charge is 0.313 e. The van der Waals surface area contributed by atoms with Crippen LogP contribution >= 0.6 is 11.8 Å². The Balaban J connectivity index is 1.96. The van der Waals surface area contributed by atoms with Gasteiger partial charge in [-0.05, 0) is 30.9 Å². The molecule has 0 radical (unpaired) electrons. The number of hydrogen-bond donors (Lipinski definition) is 1. The van der Waals surface area contributed by atoms with Gasteiger partial charge in [-0.15, -0.1) is 0 Å². The summed E-state index contributed by atoms with van der Waals surface area (Å²) in [5, 5.41) is 9.60. The van der Waals surface area contributed by atoms with Gasteiger partial charge in [-0.1, -0.05) is 23.9 Å². The zero-order valence-corrected chi connectivity index (χ0v) is 10.7. The van der Waals surface area contributed by atoms with E-state index >= 15 is 0 Å². The van der Waals surface area contributed by atoms with Crippen molar-refractivity contribution in [2.45, 2.75) is 24.5 Å². The van der Waals surface area contributed by atoms with E-state index < -0.39 is 5.97 Å². The Morgan fingerprint density at radius 3 is 2.94 bits per heavy atom. The third-order valence-electron chi connectivity index (χ3n) is 3.08. The number of fused-ring (bicyclic) bond motifs is 1. The van der Waals surface area contributed by atoms with Crippen molar-refractivity contribution in [3.8, 4) is 0 Å². The van der Waals surface area contributed by atoms with E-state index in [0.717, 1.165) is 28.7 Å². The molecule has 0 bridgehead atoms. The van der Waals surface area contributed by atoms with Crippen LogP contribution in [0.3, 0.4) is 0 Å². The zero-order valence-electron chi connectivity index (χ0n) is 9.87. The van der Waals surface area contributed by atoms with Gasteiger partial charge in [0, 0.05) is 6.54 Å². The van der Waals surface area contributed by atoms with Crippen molar-refractivity contribution in [3.05, 3.63) is 24.3 Å². The molecular weight excluding hydrogens is 248 g/mol. The van der Waals surface area contributed by atoms with Crippen molar-refractivity contribution < 1.29 is 9.90 Å². The van der Waals surface area contributed by atoms with Crippen molar-refractivity contribution in [1.82, 2.24) is 9.55 Å². The lowest BCUT2D eigenvalue weighted by Gasteiger charge is -2.06. The van der Waals surface area contributed by atoms with Crippen LogP contribution in [-0.4, -0.2) is 26.4 Å². The third kappa shape index (κ3) is 2.36. The topological polar surface area (TPSA) is 55.1 Å². The van der Waals surface area contributed by atoms with Gasteiger partial charge in [0.25, 0.3) is 0 Å². The number of nitrogens with zero attached hydrogens (tertiary/aromatic N) is 2. The Kier molecular flexibility index (Phi) is 2.99. The molecule has 1 N–H and O–H groups in total. The molecule has 1 saturated carbocycles. The SMILES string of the molecule is O=C(O)CSc1nc2ccccc2n1CC1CC1. The Bertz CT molecular complexity index is 590. The van der Waals surface area contributed by atoms with Crippen LogP contribution in [0.2, 0.25) is 0 Å². The quantitative estimate of drug-likeness (QED) is 0.842. The van der Waals surface area contributed by atoms with E-state index in [1.165, 1.54) is 24.6 Å². The van der Waals surface area contributed by atoms with Crippen molar-refractivity contribution >= 4 is 28.8 Å². The normalized spacial score (nSPS) is 15.1. The summed E-state index contributed by atoms with van der Waals surface area (Å²) in [4.78, 5) is 15.2. The monoisotopic (exact) mass is 262 g/mol. The number of carboxylic acids is 1. The van der Waals surface area contributed by atoms with Gasteiger partial charge in [0.05, 0.1) is 16.8 Å². The first-order valence-electron chi connectivity index (χ1n) is 6.04. The van der Waals surface area contributed by atoms with E-state index in [9.17, 15) is 4.79 Å². The summed E-state index contributed by atoms with van der Waals surface area (Å²) in [7, 11) is 0. The maximum Gasteiger partial charge on any atom is 0.313 e. The summed E-state index contributed by atoms with van der Waals surface area (Å²) >= 11 is 1.30. The van der Waals surface area contributed by atoms with Crippen LogP contribution < -0.4 is 0 Å². The second-order valence-electron chi connectivity index (χ2n) is 4.62. The second kappa shape index (κ2) is 4.65. The van der Waals surface area contributed by atoms with Crippen LogP contribution in [0.25, 0.3) is 11.0 Å². The number of aromatic nitrogens is 2. The molecule has 1 aliphatic carbocycles. The first-order valence-corrected chi connectivity index (χ1v) is 7.02. The van der Waals surface area contributed by atoms with Gasteiger partial charge in [-0.25, -0.2) is 4.98 Å². The Hall–Kier alpha value is -1.49. The highest BCUT2D eigenvalue weighted by molar-refractivity contribution is 7.99. The maximum absolute atomic E-state index is 10.7. The van der Waals surface area contributed by atoms with Crippen molar-refractivity contribution in [2.75, 3.05) is 5.75 Å². The van der Waals surface area contributed by atoms with E-state index in [0.29, 0.717) is 0 Å². The lowest BCUT2D eigenvalue weighted by atomic mass is 10.3. The third-order valence-corrected chi connectivity index (χ3v) is 4.04. The molecule has 0 aliphatic heterocycles. The van der Waals surface area contributed by atoms with Gasteiger partial charge in [0.2, 0.25) is 0 Å². The van der Waals surface area contributed by atoms with Gasteiger partial charge >= 0.3 is 5.97 Å². The number of para-hydroxylation sites is 2. The van der Waals surface area contributed by atoms with Crippen LogP contribution in [0.15, 0.2) is 29.4 Å². The first-order chi connectivity index (χ1) is 8.74. The molecule has 1 fully saturated rings. The van der Waals surface area contributed by atoms with E-state index in [-0.39, 0.29) is 5.75 Å². The highest BCUT2D eigenvalue weighted by atomic mass is 32.2. The number of thioether (sulfide) groups is 1. The van der Waals surface area contributed by atoms with E-state index in [1.54, 1.807) is 0 Å². The van der Waals surface area contributed by atoms with Crippen molar-refractivity contribution in [2.24, 2.45) is 5.92 Å². The van der Waals surface area contributed by atoms with Gasteiger partial charge in [0.15, 0.2) is 5.16 Å². The Morgan fingerprint density at radius 2 is 2.22 bits per heavy atom. The molecule has 0 saturated heterocycles. The zero-order chi connectivity index (χ0) is 12.5. The molecule has 0 atom stereocenters. The molecule has 1 aromatic heterocycles. The molecule has 18 heavy (non-hydrogen) atoms. The summed E-state index contributed by atoms with van der Waals surface area (Å²) < 4.78 is 2.17. The largest absolute Gasteiger partial charge is 0.481 e. The summed E-state index contributed by atoms with van der Waals surface area (Å²) in [6, 6.07) is 7.99. The fraction of sp³-hybridized carbons (Fsp3) is 0.385. The number of carbonyl (C=O) groups is 1. The Labute approximate surface area is 109 Å². The summed E-state index contributed by atoms with van der Waals surface area (Å²) in [6.07, 6.45) is 2.55. The molecule has 1 aliphatic rings. The molecule has 1 heterocycles.